The van der Waals surface area contributed by atoms with Gasteiger partial charge in [0.1, 0.15) is 0 Å². The Balaban J connectivity index is 1.57. The number of hydrogen-bond donors (Lipinski definition) is 0. The number of aryl methyl sites for hydroxylation is 1. The Kier molecular flexibility index (Phi) is 4.83. The first-order chi connectivity index (χ1) is 11.6. The van der Waals surface area contributed by atoms with Gasteiger partial charge in [-0.2, -0.15) is 0 Å². The van der Waals surface area contributed by atoms with Crippen LogP contribution in [0, 0.1) is 6.92 Å². The van der Waals surface area contributed by atoms with E-state index in [2.05, 4.69) is 5.16 Å². The maximum absolute atomic E-state index is 12.5. The molecular weight excluding hydrogens is 306 g/mol. The van der Waals surface area contributed by atoms with Crippen molar-refractivity contribution in [2.45, 2.75) is 32.3 Å². The summed E-state index contributed by atoms with van der Waals surface area (Å²) in [6.07, 6.45) is 1.88. The van der Waals surface area contributed by atoms with Crippen molar-refractivity contribution in [3.05, 3.63) is 35.4 Å². The Morgan fingerprint density at radius 1 is 1.29 bits per heavy atom. The first-order valence-corrected chi connectivity index (χ1v) is 8.37. The molecule has 0 aliphatic carbocycles. The molecular formula is C18H23N3O3. The van der Waals surface area contributed by atoms with Gasteiger partial charge in [0, 0.05) is 32.1 Å². The highest BCUT2D eigenvalue weighted by molar-refractivity contribution is 6.05. The van der Waals surface area contributed by atoms with Gasteiger partial charge in [0.05, 0.1) is 12.3 Å². The Hall–Kier alpha value is -2.37. The fourth-order valence-corrected chi connectivity index (χ4v) is 3.16. The van der Waals surface area contributed by atoms with Crippen LogP contribution in [0.1, 0.15) is 30.4 Å². The lowest BCUT2D eigenvalue weighted by Gasteiger charge is -2.22. The van der Waals surface area contributed by atoms with E-state index < -0.39 is 6.10 Å². The van der Waals surface area contributed by atoms with Gasteiger partial charge in [-0.1, -0.05) is 29.4 Å². The summed E-state index contributed by atoms with van der Waals surface area (Å²) in [6.45, 7) is 3.69. The quantitative estimate of drug-likeness (QED) is 0.842. The summed E-state index contributed by atoms with van der Waals surface area (Å²) in [5.41, 5.74) is 2.89. The normalized spacial score (nSPS) is 19.8. The minimum Gasteiger partial charge on any atom is -0.382 e. The van der Waals surface area contributed by atoms with E-state index in [1.54, 1.807) is 7.05 Å². The second kappa shape index (κ2) is 7.03. The third-order valence-electron chi connectivity index (χ3n) is 4.61. The zero-order valence-corrected chi connectivity index (χ0v) is 14.2. The fraction of sp³-hybridized carbons (Fsp3) is 0.500. The molecule has 6 heteroatoms. The van der Waals surface area contributed by atoms with E-state index in [0.29, 0.717) is 6.42 Å². The van der Waals surface area contributed by atoms with Gasteiger partial charge in [-0.25, -0.2) is 0 Å². The van der Waals surface area contributed by atoms with Crippen LogP contribution in [0.3, 0.4) is 0 Å². The van der Waals surface area contributed by atoms with E-state index in [4.69, 9.17) is 4.84 Å². The van der Waals surface area contributed by atoms with Gasteiger partial charge < -0.3 is 14.6 Å². The van der Waals surface area contributed by atoms with E-state index in [9.17, 15) is 9.59 Å². The molecule has 0 bridgehead atoms. The summed E-state index contributed by atoms with van der Waals surface area (Å²) in [5, 5.41) is 4.08. The molecule has 6 nitrogen and oxygen atoms in total. The number of nitrogens with zero attached hydrogens (tertiary/aromatic N) is 3. The smallest absolute Gasteiger partial charge is 0.267 e. The summed E-state index contributed by atoms with van der Waals surface area (Å²) in [5.74, 6) is -0.198. The molecule has 0 N–H and O–H groups in total. The van der Waals surface area contributed by atoms with Crippen molar-refractivity contribution >= 4 is 17.5 Å². The highest BCUT2D eigenvalue weighted by Gasteiger charge is 2.32. The van der Waals surface area contributed by atoms with Gasteiger partial charge in [-0.3, -0.25) is 9.59 Å². The molecule has 1 aromatic carbocycles. The average Bonchev–Trinajstić information content (AvgIpc) is 3.26. The maximum atomic E-state index is 12.5. The molecule has 2 aliphatic rings. The van der Waals surface area contributed by atoms with Crippen LogP contribution < -0.4 is 0 Å². The standard InChI is InChI=1S/C18H23N3O3/c1-13-7-3-4-8-14(13)15-11-16(24-19-15)18(23)20(2)12-17(22)21-9-5-6-10-21/h3-4,7-8,16H,5-6,9-12H2,1-2H3. The Labute approximate surface area is 142 Å². The van der Waals surface area contributed by atoms with Crippen LogP contribution in [0.25, 0.3) is 0 Å². The zero-order chi connectivity index (χ0) is 17.1. The van der Waals surface area contributed by atoms with Gasteiger partial charge in [0.2, 0.25) is 12.0 Å². The molecule has 2 heterocycles. The first kappa shape index (κ1) is 16.5. The van der Waals surface area contributed by atoms with Crippen LogP contribution in [0.15, 0.2) is 29.4 Å². The van der Waals surface area contributed by atoms with Gasteiger partial charge in [0.15, 0.2) is 0 Å². The van der Waals surface area contributed by atoms with Crippen LogP contribution in [0.5, 0.6) is 0 Å². The lowest BCUT2D eigenvalue weighted by atomic mass is 10.00. The van der Waals surface area contributed by atoms with Gasteiger partial charge in [-0.05, 0) is 25.3 Å². The third-order valence-corrected chi connectivity index (χ3v) is 4.61. The maximum Gasteiger partial charge on any atom is 0.267 e. The van der Waals surface area contributed by atoms with E-state index in [-0.39, 0.29) is 18.4 Å². The third kappa shape index (κ3) is 3.42. The molecule has 1 fully saturated rings. The number of likely N-dealkylation sites (tertiary alicyclic amines) is 1. The largest absolute Gasteiger partial charge is 0.382 e. The highest BCUT2D eigenvalue weighted by Crippen LogP contribution is 2.20. The van der Waals surface area contributed by atoms with Gasteiger partial charge >= 0.3 is 0 Å². The Morgan fingerprint density at radius 2 is 2.00 bits per heavy atom. The van der Waals surface area contributed by atoms with Gasteiger partial charge in [-0.15, -0.1) is 0 Å². The Morgan fingerprint density at radius 3 is 2.71 bits per heavy atom. The molecule has 3 rings (SSSR count). The van der Waals surface area contributed by atoms with Crippen molar-refractivity contribution < 1.29 is 14.4 Å². The van der Waals surface area contributed by atoms with Crippen molar-refractivity contribution in [2.24, 2.45) is 5.16 Å². The van der Waals surface area contributed by atoms with Crippen LogP contribution in [0.2, 0.25) is 0 Å². The van der Waals surface area contributed by atoms with Crippen molar-refractivity contribution in [3.63, 3.8) is 0 Å². The molecule has 128 valence electrons. The Bertz CT molecular complexity index is 665. The fourth-order valence-electron chi connectivity index (χ4n) is 3.16. The van der Waals surface area contributed by atoms with Crippen molar-refractivity contribution in [1.29, 1.82) is 0 Å². The van der Waals surface area contributed by atoms with Crippen LogP contribution in [0.4, 0.5) is 0 Å². The number of rotatable bonds is 4. The minimum absolute atomic E-state index is 0.00129. The monoisotopic (exact) mass is 329 g/mol. The summed E-state index contributed by atoms with van der Waals surface area (Å²) in [6, 6.07) is 7.90. The van der Waals surface area contributed by atoms with E-state index in [1.807, 2.05) is 36.1 Å². The second-order valence-corrected chi connectivity index (χ2v) is 6.43. The van der Waals surface area contributed by atoms with E-state index in [1.165, 1.54) is 4.90 Å². The molecule has 2 aliphatic heterocycles. The summed E-state index contributed by atoms with van der Waals surface area (Å²) < 4.78 is 0. The lowest BCUT2D eigenvalue weighted by Crippen LogP contribution is -2.43. The molecule has 2 amide bonds. The summed E-state index contributed by atoms with van der Waals surface area (Å²) >= 11 is 0. The number of hydrogen-bond acceptors (Lipinski definition) is 4. The number of carbonyl (C=O) groups is 2. The van der Waals surface area contributed by atoms with E-state index in [0.717, 1.165) is 42.8 Å². The van der Waals surface area contributed by atoms with E-state index >= 15 is 0 Å². The summed E-state index contributed by atoms with van der Waals surface area (Å²) in [4.78, 5) is 33.3. The lowest BCUT2D eigenvalue weighted by molar-refractivity contribution is -0.145. The molecule has 0 saturated carbocycles. The number of benzene rings is 1. The predicted octanol–water partition coefficient (Wildman–Crippen LogP) is 1.57. The topological polar surface area (TPSA) is 62.2 Å². The van der Waals surface area contributed by atoms with Gasteiger partial charge in [0.25, 0.3) is 5.91 Å². The SMILES string of the molecule is Cc1ccccc1C1=NOC(C(=O)N(C)CC(=O)N2CCCC2)C1. The molecule has 1 atom stereocenters. The van der Waals surface area contributed by atoms with Crippen LogP contribution in [-0.2, 0) is 14.4 Å². The minimum atomic E-state index is -0.643. The molecule has 0 radical (unpaired) electrons. The number of carbonyl (C=O) groups excluding carboxylic acids is 2. The summed E-state index contributed by atoms with van der Waals surface area (Å²) in [7, 11) is 1.64. The average molecular weight is 329 g/mol. The van der Waals surface area contributed by atoms with Crippen molar-refractivity contribution in [2.75, 3.05) is 26.7 Å². The molecule has 0 spiro atoms. The second-order valence-electron chi connectivity index (χ2n) is 6.43. The number of likely N-dealkylation sites (N-methyl/N-ethyl adjacent to an activating group) is 1. The van der Waals surface area contributed by atoms with Crippen molar-refractivity contribution in [1.82, 2.24) is 9.80 Å². The first-order valence-electron chi connectivity index (χ1n) is 8.37. The molecule has 1 saturated heterocycles. The molecule has 1 aromatic rings. The number of oxime groups is 1. The van der Waals surface area contributed by atoms with Crippen LogP contribution in [-0.4, -0.2) is 60.1 Å². The zero-order valence-electron chi connectivity index (χ0n) is 14.2. The van der Waals surface area contributed by atoms with Crippen molar-refractivity contribution in [3.8, 4) is 0 Å². The molecule has 24 heavy (non-hydrogen) atoms. The molecule has 0 aromatic heterocycles. The highest BCUT2D eigenvalue weighted by atomic mass is 16.6. The number of amides is 2. The van der Waals surface area contributed by atoms with Crippen LogP contribution >= 0.6 is 0 Å². The molecule has 1 unspecified atom stereocenters. The predicted molar refractivity (Wildman–Crippen MR) is 90.7 cm³/mol.